The van der Waals surface area contributed by atoms with Crippen LogP contribution >= 0.6 is 0 Å². The lowest BCUT2D eigenvalue weighted by molar-refractivity contribution is 0.474. The summed E-state index contributed by atoms with van der Waals surface area (Å²) in [5, 5.41) is 12.7. The Morgan fingerprint density at radius 2 is 2.00 bits per heavy atom. The van der Waals surface area contributed by atoms with Crippen molar-refractivity contribution in [2.45, 2.75) is 13.8 Å². The zero-order chi connectivity index (χ0) is 11.3. The molecule has 0 radical (unpaired) electrons. The van der Waals surface area contributed by atoms with Gasteiger partial charge in [-0.3, -0.25) is 0 Å². The first kappa shape index (κ1) is 11.1. The molecule has 0 spiro atoms. The van der Waals surface area contributed by atoms with Crippen molar-refractivity contribution in [1.29, 1.82) is 0 Å². The minimum Gasteiger partial charge on any atom is -0.508 e. The standard InChI is InChI=1S/C11H13N3O/c1-8-6-10(15)7-9(2)11(8)4-3-5-13-14-12/h3-4,6-7,15H,5H2,1-2H3. The number of phenols is 1. The first-order chi connectivity index (χ1) is 7.15. The van der Waals surface area contributed by atoms with Crippen LogP contribution in [0.15, 0.2) is 23.3 Å². The molecular formula is C11H13N3O. The van der Waals surface area contributed by atoms with Gasteiger partial charge in [0.1, 0.15) is 5.75 Å². The second-order valence-corrected chi connectivity index (χ2v) is 3.31. The summed E-state index contributed by atoms with van der Waals surface area (Å²) in [4.78, 5) is 2.66. The van der Waals surface area contributed by atoms with E-state index in [1.165, 1.54) is 0 Å². The molecule has 0 aromatic heterocycles. The molecule has 0 bridgehead atoms. The molecule has 0 aliphatic heterocycles. The van der Waals surface area contributed by atoms with Gasteiger partial charge in [0.25, 0.3) is 0 Å². The lowest BCUT2D eigenvalue weighted by atomic mass is 10.0. The van der Waals surface area contributed by atoms with Crippen molar-refractivity contribution in [3.05, 3.63) is 45.3 Å². The maximum atomic E-state index is 9.34. The molecule has 0 aliphatic carbocycles. The van der Waals surface area contributed by atoms with Gasteiger partial charge in [0.2, 0.25) is 0 Å². The third-order valence-corrected chi connectivity index (χ3v) is 2.11. The Hall–Kier alpha value is -1.93. The number of aromatic hydroxyl groups is 1. The second-order valence-electron chi connectivity index (χ2n) is 3.31. The van der Waals surface area contributed by atoms with Gasteiger partial charge in [0, 0.05) is 11.5 Å². The van der Waals surface area contributed by atoms with E-state index >= 15 is 0 Å². The summed E-state index contributed by atoms with van der Waals surface area (Å²) in [7, 11) is 0. The van der Waals surface area contributed by atoms with Crippen LogP contribution in [0.25, 0.3) is 16.5 Å². The third kappa shape index (κ3) is 3.04. The molecular weight excluding hydrogens is 190 g/mol. The Bertz CT molecular complexity index is 408. The maximum Gasteiger partial charge on any atom is 0.116 e. The van der Waals surface area contributed by atoms with E-state index in [2.05, 4.69) is 10.0 Å². The number of phenolic OH excluding ortho intramolecular Hbond substituents is 1. The number of hydrogen-bond acceptors (Lipinski definition) is 2. The molecule has 15 heavy (non-hydrogen) atoms. The average molecular weight is 203 g/mol. The van der Waals surface area contributed by atoms with Crippen molar-refractivity contribution >= 4 is 6.08 Å². The Kier molecular flexibility index (Phi) is 3.77. The molecule has 78 valence electrons. The molecule has 4 heteroatoms. The van der Waals surface area contributed by atoms with Gasteiger partial charge in [0.15, 0.2) is 0 Å². The summed E-state index contributed by atoms with van der Waals surface area (Å²) in [6, 6.07) is 3.42. The highest BCUT2D eigenvalue weighted by Crippen LogP contribution is 2.21. The van der Waals surface area contributed by atoms with E-state index in [0.717, 1.165) is 16.7 Å². The highest BCUT2D eigenvalue weighted by molar-refractivity contribution is 5.59. The van der Waals surface area contributed by atoms with Crippen LogP contribution in [-0.4, -0.2) is 11.7 Å². The van der Waals surface area contributed by atoms with Crippen molar-refractivity contribution in [3.63, 3.8) is 0 Å². The van der Waals surface area contributed by atoms with Crippen LogP contribution in [-0.2, 0) is 0 Å². The summed E-state index contributed by atoms with van der Waals surface area (Å²) in [5.74, 6) is 0.275. The summed E-state index contributed by atoms with van der Waals surface area (Å²) in [5.41, 5.74) is 11.2. The van der Waals surface area contributed by atoms with E-state index in [-0.39, 0.29) is 5.75 Å². The molecule has 1 aromatic rings. The summed E-state index contributed by atoms with van der Waals surface area (Å²) < 4.78 is 0. The highest BCUT2D eigenvalue weighted by atomic mass is 16.3. The Labute approximate surface area is 88.5 Å². The van der Waals surface area contributed by atoms with Crippen molar-refractivity contribution in [2.75, 3.05) is 6.54 Å². The van der Waals surface area contributed by atoms with Gasteiger partial charge in [-0.25, -0.2) is 0 Å². The van der Waals surface area contributed by atoms with Gasteiger partial charge in [-0.15, -0.1) is 0 Å². The largest absolute Gasteiger partial charge is 0.508 e. The quantitative estimate of drug-likeness (QED) is 0.457. The van der Waals surface area contributed by atoms with Gasteiger partial charge in [-0.2, -0.15) is 0 Å². The van der Waals surface area contributed by atoms with E-state index in [1.807, 2.05) is 19.9 Å². The number of benzene rings is 1. The normalized spacial score (nSPS) is 10.3. The monoisotopic (exact) mass is 203 g/mol. The molecule has 1 N–H and O–H groups in total. The highest BCUT2D eigenvalue weighted by Gasteiger charge is 2.00. The number of nitrogens with zero attached hydrogens (tertiary/aromatic N) is 3. The number of hydrogen-bond donors (Lipinski definition) is 1. The Balaban J connectivity index is 2.94. The summed E-state index contributed by atoms with van der Waals surface area (Å²) in [6.45, 7) is 4.20. The lowest BCUT2D eigenvalue weighted by Gasteiger charge is -2.05. The first-order valence-corrected chi connectivity index (χ1v) is 4.62. The molecule has 0 heterocycles. The van der Waals surface area contributed by atoms with E-state index in [0.29, 0.717) is 6.54 Å². The van der Waals surface area contributed by atoms with Crippen LogP contribution in [0.3, 0.4) is 0 Å². The number of aryl methyl sites for hydroxylation is 2. The van der Waals surface area contributed by atoms with Crippen molar-refractivity contribution < 1.29 is 5.11 Å². The van der Waals surface area contributed by atoms with Crippen LogP contribution in [0.5, 0.6) is 5.75 Å². The summed E-state index contributed by atoms with van der Waals surface area (Å²) in [6.07, 6.45) is 3.70. The minimum atomic E-state index is 0.275. The zero-order valence-corrected chi connectivity index (χ0v) is 8.81. The van der Waals surface area contributed by atoms with Gasteiger partial charge in [-0.05, 0) is 48.2 Å². The lowest BCUT2D eigenvalue weighted by Crippen LogP contribution is -1.86. The van der Waals surface area contributed by atoms with E-state index < -0.39 is 0 Å². The van der Waals surface area contributed by atoms with Crippen molar-refractivity contribution in [2.24, 2.45) is 5.11 Å². The molecule has 0 fully saturated rings. The molecule has 0 amide bonds. The van der Waals surface area contributed by atoms with Crippen LogP contribution in [0.2, 0.25) is 0 Å². The van der Waals surface area contributed by atoms with Gasteiger partial charge >= 0.3 is 0 Å². The first-order valence-electron chi connectivity index (χ1n) is 4.62. The SMILES string of the molecule is Cc1cc(O)cc(C)c1C=CCN=[N+]=[N-]. The summed E-state index contributed by atoms with van der Waals surface area (Å²) >= 11 is 0. The van der Waals surface area contributed by atoms with Crippen LogP contribution in [0, 0.1) is 13.8 Å². The molecule has 0 unspecified atom stereocenters. The molecule has 1 rings (SSSR count). The molecule has 4 nitrogen and oxygen atoms in total. The molecule has 0 saturated carbocycles. The fourth-order valence-electron chi connectivity index (χ4n) is 1.47. The van der Waals surface area contributed by atoms with Crippen LogP contribution in [0.4, 0.5) is 0 Å². The molecule has 1 aromatic carbocycles. The number of azide groups is 1. The third-order valence-electron chi connectivity index (χ3n) is 2.11. The zero-order valence-electron chi connectivity index (χ0n) is 8.81. The fraction of sp³-hybridized carbons (Fsp3) is 0.273. The Morgan fingerprint density at radius 3 is 2.53 bits per heavy atom. The van der Waals surface area contributed by atoms with Crippen molar-refractivity contribution in [3.8, 4) is 5.75 Å². The Morgan fingerprint density at radius 1 is 1.40 bits per heavy atom. The second kappa shape index (κ2) is 5.08. The topological polar surface area (TPSA) is 69.0 Å². The van der Waals surface area contributed by atoms with Crippen LogP contribution in [0.1, 0.15) is 16.7 Å². The predicted molar refractivity (Wildman–Crippen MR) is 60.6 cm³/mol. The predicted octanol–water partition coefficient (Wildman–Crippen LogP) is 3.33. The van der Waals surface area contributed by atoms with Gasteiger partial charge < -0.3 is 5.11 Å². The smallest absolute Gasteiger partial charge is 0.116 e. The van der Waals surface area contributed by atoms with Crippen molar-refractivity contribution in [1.82, 2.24) is 0 Å². The number of rotatable bonds is 3. The average Bonchev–Trinajstić information content (AvgIpc) is 2.15. The molecule has 0 saturated heterocycles. The van der Waals surface area contributed by atoms with E-state index in [4.69, 9.17) is 5.53 Å². The molecule has 0 atom stereocenters. The van der Waals surface area contributed by atoms with Gasteiger partial charge in [0.05, 0.1) is 0 Å². The van der Waals surface area contributed by atoms with Gasteiger partial charge in [-0.1, -0.05) is 17.3 Å². The maximum absolute atomic E-state index is 9.34. The minimum absolute atomic E-state index is 0.275. The fourth-order valence-corrected chi connectivity index (χ4v) is 1.47. The molecule has 0 aliphatic rings. The van der Waals surface area contributed by atoms with E-state index in [9.17, 15) is 5.11 Å². The van der Waals surface area contributed by atoms with E-state index in [1.54, 1.807) is 18.2 Å². The van der Waals surface area contributed by atoms with Crippen LogP contribution < -0.4 is 0 Å².